The Hall–Kier alpha value is -1.36. The molecule has 0 bridgehead atoms. The van der Waals surface area contributed by atoms with Gasteiger partial charge in [0.25, 0.3) is 0 Å². The third-order valence-electron chi connectivity index (χ3n) is 10.2. The molecule has 0 N–H and O–H groups in total. The maximum absolute atomic E-state index is 14.7. The van der Waals surface area contributed by atoms with Crippen molar-refractivity contribution < 1.29 is 22.3 Å². The van der Waals surface area contributed by atoms with Gasteiger partial charge in [-0.1, -0.05) is 31.1 Å². The second-order valence-electron chi connectivity index (χ2n) is 12.2. The fourth-order valence-corrected chi connectivity index (χ4v) is 7.87. The summed E-state index contributed by atoms with van der Waals surface area (Å²) in [7, 11) is 0. The summed E-state index contributed by atoms with van der Waals surface area (Å²) in [4.78, 5) is 0. The van der Waals surface area contributed by atoms with E-state index < -0.39 is 23.7 Å². The van der Waals surface area contributed by atoms with Gasteiger partial charge in [0.2, 0.25) is 0 Å². The zero-order chi connectivity index (χ0) is 25.3. The van der Waals surface area contributed by atoms with Crippen molar-refractivity contribution in [3.05, 3.63) is 47.3 Å². The van der Waals surface area contributed by atoms with E-state index in [4.69, 9.17) is 4.74 Å². The van der Waals surface area contributed by atoms with E-state index in [1.54, 1.807) is 0 Å². The number of allylic oxidation sites excluding steroid dienone is 1. The first-order valence-corrected chi connectivity index (χ1v) is 14.5. The van der Waals surface area contributed by atoms with Gasteiger partial charge in [-0.05, 0) is 118 Å². The number of hydrogen-bond acceptors (Lipinski definition) is 1. The van der Waals surface area contributed by atoms with E-state index >= 15 is 0 Å². The predicted octanol–water partition coefficient (Wildman–Crippen LogP) is 9.45. The number of alkyl halides is 3. The lowest BCUT2D eigenvalue weighted by atomic mass is 9.65. The molecule has 1 nitrogen and oxygen atoms in total. The van der Waals surface area contributed by atoms with E-state index in [1.165, 1.54) is 76.3 Å². The van der Waals surface area contributed by atoms with Crippen LogP contribution >= 0.6 is 0 Å². The maximum Gasteiger partial charge on any atom is 0.419 e. The fraction of sp³-hybridized carbons (Fsp3) is 0.742. The van der Waals surface area contributed by atoms with Crippen LogP contribution in [0.2, 0.25) is 0 Å². The van der Waals surface area contributed by atoms with Crippen molar-refractivity contribution in [1.82, 2.24) is 0 Å². The molecule has 5 rings (SSSR count). The lowest BCUT2D eigenvalue weighted by molar-refractivity contribution is -0.140. The van der Waals surface area contributed by atoms with Crippen LogP contribution in [-0.4, -0.2) is 6.61 Å². The van der Waals surface area contributed by atoms with E-state index in [0.717, 1.165) is 42.4 Å². The minimum Gasteiger partial charge on any atom is -0.368 e. The van der Waals surface area contributed by atoms with Crippen LogP contribution in [0.25, 0.3) is 0 Å². The molecule has 1 aromatic rings. The molecule has 5 heteroatoms. The van der Waals surface area contributed by atoms with Crippen LogP contribution in [0.3, 0.4) is 0 Å². The molecule has 36 heavy (non-hydrogen) atoms. The van der Waals surface area contributed by atoms with Crippen molar-refractivity contribution in [3.8, 4) is 0 Å². The smallest absolute Gasteiger partial charge is 0.368 e. The lowest BCUT2D eigenvalue weighted by Gasteiger charge is -2.41. The second-order valence-corrected chi connectivity index (χ2v) is 12.2. The van der Waals surface area contributed by atoms with Gasteiger partial charge in [0, 0.05) is 5.56 Å². The Balaban J connectivity index is 1.08. The zero-order valence-electron chi connectivity index (χ0n) is 21.5. The Morgan fingerprint density at radius 2 is 1.31 bits per heavy atom. The van der Waals surface area contributed by atoms with Crippen LogP contribution < -0.4 is 0 Å². The maximum atomic E-state index is 14.7. The van der Waals surface area contributed by atoms with Crippen LogP contribution in [0.1, 0.15) is 106 Å². The molecule has 0 spiro atoms. The van der Waals surface area contributed by atoms with Gasteiger partial charge in [-0.2, -0.15) is 13.2 Å². The molecule has 4 aliphatic rings. The second kappa shape index (κ2) is 11.2. The molecule has 1 heterocycles. The number of aryl methyl sites for hydroxylation is 1. The highest BCUT2D eigenvalue weighted by atomic mass is 19.4. The molecule has 0 aromatic heterocycles. The molecule has 1 atom stereocenters. The lowest BCUT2D eigenvalue weighted by Crippen LogP contribution is -2.29. The average molecular weight is 507 g/mol. The summed E-state index contributed by atoms with van der Waals surface area (Å²) in [6.45, 7) is 4.28. The summed E-state index contributed by atoms with van der Waals surface area (Å²) in [6.07, 6.45) is 13.5. The summed E-state index contributed by atoms with van der Waals surface area (Å²) in [5, 5.41) is 0. The van der Waals surface area contributed by atoms with Crippen LogP contribution in [0.5, 0.6) is 0 Å². The Morgan fingerprint density at radius 1 is 0.806 bits per heavy atom. The van der Waals surface area contributed by atoms with Gasteiger partial charge in [0.1, 0.15) is 11.9 Å². The Labute approximate surface area is 214 Å². The topological polar surface area (TPSA) is 12.5 Å². The van der Waals surface area contributed by atoms with Crippen LogP contribution in [0.4, 0.5) is 17.6 Å². The van der Waals surface area contributed by atoms with Crippen molar-refractivity contribution in [2.75, 3.05) is 6.61 Å². The van der Waals surface area contributed by atoms with Crippen molar-refractivity contribution in [2.45, 2.75) is 102 Å². The Kier molecular flexibility index (Phi) is 8.15. The monoisotopic (exact) mass is 506 g/mol. The zero-order valence-corrected chi connectivity index (χ0v) is 21.5. The summed E-state index contributed by atoms with van der Waals surface area (Å²) in [5.41, 5.74) is -0.920. The molecule has 1 saturated heterocycles. The molecule has 1 unspecified atom stereocenters. The normalized spacial score (nSPS) is 35.4. The third kappa shape index (κ3) is 6.03. The van der Waals surface area contributed by atoms with Crippen molar-refractivity contribution in [1.29, 1.82) is 0 Å². The summed E-state index contributed by atoms with van der Waals surface area (Å²) in [6, 6.07) is 2.98. The molecule has 0 amide bonds. The standard InChI is InChI=1S/C31H42F4O/c1-2-20-3-8-22(9-4-20)24-13-15-25(16-14-24)23-10-5-21(6-11-23)7-12-26-17-18-27(28-19-36-28)30(32)29(26)31(33,34)35/h2,17-18,20-25,28H,1,3-16,19H2. The van der Waals surface area contributed by atoms with Gasteiger partial charge in [-0.3, -0.25) is 0 Å². The number of benzene rings is 1. The van der Waals surface area contributed by atoms with Crippen LogP contribution in [-0.2, 0) is 17.3 Å². The minimum absolute atomic E-state index is 0.0470. The largest absolute Gasteiger partial charge is 0.419 e. The molecule has 3 aliphatic carbocycles. The highest BCUT2D eigenvalue weighted by molar-refractivity contribution is 5.38. The third-order valence-corrected chi connectivity index (χ3v) is 10.2. The van der Waals surface area contributed by atoms with Gasteiger partial charge < -0.3 is 4.74 Å². The van der Waals surface area contributed by atoms with Gasteiger partial charge in [-0.25, -0.2) is 4.39 Å². The van der Waals surface area contributed by atoms with Crippen molar-refractivity contribution >= 4 is 0 Å². The van der Waals surface area contributed by atoms with E-state index in [0.29, 0.717) is 25.4 Å². The molecular weight excluding hydrogens is 464 g/mol. The van der Waals surface area contributed by atoms with Gasteiger partial charge in [0.15, 0.2) is 0 Å². The highest BCUT2D eigenvalue weighted by Crippen LogP contribution is 2.47. The first kappa shape index (κ1) is 26.3. The summed E-state index contributed by atoms with van der Waals surface area (Å²) in [5.74, 6) is 3.54. The molecule has 1 aliphatic heterocycles. The van der Waals surface area contributed by atoms with Crippen LogP contribution in [0.15, 0.2) is 24.8 Å². The first-order valence-electron chi connectivity index (χ1n) is 14.5. The fourth-order valence-electron chi connectivity index (χ4n) is 7.87. The van der Waals surface area contributed by atoms with E-state index in [-0.39, 0.29) is 11.1 Å². The first-order chi connectivity index (χ1) is 17.3. The SMILES string of the molecule is C=CC1CCC(C2CCC(C3CCC(CCc4ccc(C5CO5)c(F)c4C(F)(F)F)CC3)CC2)CC1. The van der Waals surface area contributed by atoms with E-state index in [2.05, 4.69) is 12.7 Å². The summed E-state index contributed by atoms with van der Waals surface area (Å²) >= 11 is 0. The van der Waals surface area contributed by atoms with E-state index in [1.807, 2.05) is 0 Å². The number of hydrogen-bond donors (Lipinski definition) is 0. The molecule has 4 fully saturated rings. The molecule has 3 saturated carbocycles. The number of halogens is 4. The quantitative estimate of drug-likeness (QED) is 0.204. The molecule has 1 aromatic carbocycles. The minimum atomic E-state index is -4.67. The van der Waals surface area contributed by atoms with Gasteiger partial charge >= 0.3 is 6.18 Å². The Morgan fingerprint density at radius 3 is 1.78 bits per heavy atom. The van der Waals surface area contributed by atoms with Crippen molar-refractivity contribution in [2.24, 2.45) is 35.5 Å². The van der Waals surface area contributed by atoms with Gasteiger partial charge in [0.05, 0.1) is 12.2 Å². The van der Waals surface area contributed by atoms with Crippen LogP contribution in [0, 0.1) is 41.3 Å². The van der Waals surface area contributed by atoms with Crippen molar-refractivity contribution in [3.63, 3.8) is 0 Å². The number of rotatable bonds is 7. The average Bonchev–Trinajstić information content (AvgIpc) is 3.73. The highest BCUT2D eigenvalue weighted by Gasteiger charge is 2.41. The molecular formula is C31H42F4O. The predicted molar refractivity (Wildman–Crippen MR) is 135 cm³/mol. The van der Waals surface area contributed by atoms with Gasteiger partial charge in [-0.15, -0.1) is 6.58 Å². The van der Waals surface area contributed by atoms with E-state index in [9.17, 15) is 17.6 Å². The molecule has 0 radical (unpaired) electrons. The summed E-state index contributed by atoms with van der Waals surface area (Å²) < 4.78 is 60.8. The molecule has 200 valence electrons. The Bertz CT molecular complexity index is 881. The number of epoxide rings is 1. The number of ether oxygens (including phenoxy) is 1.